The second kappa shape index (κ2) is 15.8. The van der Waals surface area contributed by atoms with Crippen LogP contribution in [0.3, 0.4) is 0 Å². The number of piperazine rings is 1. The molecule has 3 heterocycles. The first-order valence-electron chi connectivity index (χ1n) is 15.1. The number of nitrogens with zero attached hydrogens (tertiary/aromatic N) is 5. The molecule has 10 heteroatoms. The van der Waals surface area contributed by atoms with Crippen molar-refractivity contribution in [1.82, 2.24) is 30.4 Å². The van der Waals surface area contributed by atoms with Crippen LogP contribution in [0.2, 0.25) is 0 Å². The fourth-order valence-corrected chi connectivity index (χ4v) is 5.79. The normalized spacial score (nSPS) is 23.7. The molecule has 1 aliphatic carbocycles. The Labute approximate surface area is 230 Å². The second-order valence-electron chi connectivity index (χ2n) is 11.7. The molecule has 0 spiro atoms. The number of hydrogen-bond donors (Lipinski definition) is 4. The maximum absolute atomic E-state index is 6.19. The Kier molecular flexibility index (Phi) is 12.1. The molecule has 10 nitrogen and oxygen atoms in total. The first-order valence-corrected chi connectivity index (χ1v) is 15.1. The van der Waals surface area contributed by atoms with Crippen LogP contribution < -0.4 is 26.6 Å². The monoisotopic (exact) mass is 531 g/mol. The molecule has 216 valence electrons. The van der Waals surface area contributed by atoms with Gasteiger partial charge in [-0.1, -0.05) is 13.8 Å². The minimum absolute atomic E-state index is 0.547. The highest BCUT2D eigenvalue weighted by Crippen LogP contribution is 2.28. The van der Waals surface area contributed by atoms with Crippen molar-refractivity contribution >= 4 is 17.6 Å². The van der Waals surface area contributed by atoms with E-state index in [9.17, 15) is 0 Å². The van der Waals surface area contributed by atoms with Crippen molar-refractivity contribution in [1.29, 1.82) is 0 Å². The summed E-state index contributed by atoms with van der Waals surface area (Å²) in [7, 11) is 0. The van der Waals surface area contributed by atoms with E-state index in [1.807, 2.05) is 6.07 Å². The van der Waals surface area contributed by atoms with Gasteiger partial charge in [-0.2, -0.15) is 9.97 Å². The topological polar surface area (TPSA) is 107 Å². The van der Waals surface area contributed by atoms with Gasteiger partial charge in [0.2, 0.25) is 5.95 Å². The summed E-state index contributed by atoms with van der Waals surface area (Å²) in [6, 6.07) is 2.50. The predicted octanol–water partition coefficient (Wildman–Crippen LogP) is 1.71. The Balaban J connectivity index is 1.12. The summed E-state index contributed by atoms with van der Waals surface area (Å²) in [5, 5.41) is 10.7. The Hall–Kier alpha value is -1.72. The largest absolute Gasteiger partial charge is 0.383 e. The van der Waals surface area contributed by atoms with Crippen LogP contribution >= 0.6 is 0 Å². The van der Waals surface area contributed by atoms with Crippen molar-refractivity contribution in [2.45, 2.75) is 52.0 Å². The number of aromatic nitrogens is 2. The summed E-state index contributed by atoms with van der Waals surface area (Å²) in [6.07, 6.45) is 6.36. The summed E-state index contributed by atoms with van der Waals surface area (Å²) in [5.41, 5.74) is 6.19. The minimum Gasteiger partial charge on any atom is -0.383 e. The van der Waals surface area contributed by atoms with Crippen molar-refractivity contribution in [2.75, 3.05) is 108 Å². The molecule has 0 radical (unpaired) electrons. The number of morpholine rings is 1. The fourth-order valence-electron chi connectivity index (χ4n) is 5.79. The molecule has 3 fully saturated rings. The summed E-state index contributed by atoms with van der Waals surface area (Å²) < 4.78 is 5.46. The van der Waals surface area contributed by atoms with Crippen LogP contribution in [0.15, 0.2) is 6.07 Å². The highest BCUT2D eigenvalue weighted by Gasteiger charge is 2.22. The van der Waals surface area contributed by atoms with Gasteiger partial charge in [-0.25, -0.2) is 0 Å². The van der Waals surface area contributed by atoms with Crippen molar-refractivity contribution in [2.24, 2.45) is 11.8 Å². The summed E-state index contributed by atoms with van der Waals surface area (Å²) in [4.78, 5) is 16.8. The maximum atomic E-state index is 6.19. The van der Waals surface area contributed by atoms with Crippen molar-refractivity contribution in [3.8, 4) is 0 Å². The number of anilines is 3. The van der Waals surface area contributed by atoms with Gasteiger partial charge in [-0.15, -0.1) is 0 Å². The third kappa shape index (κ3) is 10.1. The lowest BCUT2D eigenvalue weighted by molar-refractivity contribution is 0.0331. The number of ether oxygens (including phenoxy) is 1. The molecular formula is C28H53N9O. The molecular weight excluding hydrogens is 478 g/mol. The van der Waals surface area contributed by atoms with Crippen LogP contribution in [0.25, 0.3) is 0 Å². The van der Waals surface area contributed by atoms with Gasteiger partial charge >= 0.3 is 0 Å². The molecule has 0 unspecified atom stereocenters. The number of nitrogens with two attached hydrogens (primary N) is 1. The molecule has 5 N–H and O–H groups in total. The standard InChI is InChI=1S/C28H53N9O/c1-23(2)31-9-3-8-30-21-24-4-6-25(7-5-24)22-32-28-33-26(29)20-27(34-28)37-14-12-35(13-15-37)10-11-36-16-18-38-19-17-36/h20,23-25,30-31H,3-19,21-22H2,1-2H3,(H3,29,32,33,34)/t24-,25-. The van der Waals surface area contributed by atoms with Crippen LogP contribution in [0, 0.1) is 11.8 Å². The first kappa shape index (κ1) is 29.3. The van der Waals surface area contributed by atoms with E-state index in [4.69, 9.17) is 15.5 Å². The highest BCUT2D eigenvalue weighted by atomic mass is 16.5. The van der Waals surface area contributed by atoms with E-state index in [2.05, 4.69) is 49.5 Å². The summed E-state index contributed by atoms with van der Waals surface area (Å²) in [6.45, 7) is 18.9. The SMILES string of the molecule is CC(C)NCCCNC[C@H]1CC[C@H](CNc2nc(N)cc(N3CCN(CCN4CCOCC4)CC3)n2)CC1. The van der Waals surface area contributed by atoms with Crippen LogP contribution in [-0.4, -0.2) is 118 Å². The van der Waals surface area contributed by atoms with Crippen LogP contribution in [0.4, 0.5) is 17.6 Å². The van der Waals surface area contributed by atoms with Gasteiger partial charge in [0.25, 0.3) is 0 Å². The molecule has 4 rings (SSSR count). The van der Waals surface area contributed by atoms with E-state index < -0.39 is 0 Å². The number of nitrogens with one attached hydrogen (secondary N) is 3. The van der Waals surface area contributed by atoms with Gasteiger partial charge in [0.05, 0.1) is 13.2 Å². The Morgan fingerprint density at radius 3 is 2.24 bits per heavy atom. The number of nitrogen functional groups attached to an aromatic ring is 1. The number of hydrogen-bond acceptors (Lipinski definition) is 10. The van der Waals surface area contributed by atoms with Crippen molar-refractivity contribution in [3.63, 3.8) is 0 Å². The maximum Gasteiger partial charge on any atom is 0.226 e. The predicted molar refractivity (Wildman–Crippen MR) is 157 cm³/mol. The third-order valence-corrected chi connectivity index (χ3v) is 8.30. The van der Waals surface area contributed by atoms with E-state index in [1.165, 1.54) is 32.1 Å². The zero-order valence-electron chi connectivity index (χ0n) is 24.0. The van der Waals surface area contributed by atoms with E-state index in [0.717, 1.165) is 103 Å². The first-order chi connectivity index (χ1) is 18.5. The summed E-state index contributed by atoms with van der Waals surface area (Å²) >= 11 is 0. The second-order valence-corrected chi connectivity index (χ2v) is 11.7. The lowest BCUT2D eigenvalue weighted by Crippen LogP contribution is -2.49. The lowest BCUT2D eigenvalue weighted by atomic mass is 9.82. The van der Waals surface area contributed by atoms with Gasteiger partial charge in [0.1, 0.15) is 11.6 Å². The van der Waals surface area contributed by atoms with Crippen molar-refractivity contribution < 1.29 is 4.74 Å². The summed E-state index contributed by atoms with van der Waals surface area (Å²) in [5.74, 6) is 3.67. The zero-order valence-corrected chi connectivity index (χ0v) is 24.0. The lowest BCUT2D eigenvalue weighted by Gasteiger charge is -2.37. The molecule has 1 saturated carbocycles. The molecule has 0 amide bonds. The van der Waals surface area contributed by atoms with Gasteiger partial charge in [0.15, 0.2) is 0 Å². The molecule has 2 aliphatic heterocycles. The third-order valence-electron chi connectivity index (χ3n) is 8.30. The van der Waals surface area contributed by atoms with Gasteiger partial charge < -0.3 is 31.3 Å². The van der Waals surface area contributed by atoms with Gasteiger partial charge in [-0.3, -0.25) is 9.80 Å². The quantitative estimate of drug-likeness (QED) is 0.265. The average molecular weight is 532 g/mol. The van der Waals surface area contributed by atoms with Gasteiger partial charge in [0, 0.05) is 71.0 Å². The molecule has 1 aromatic heterocycles. The van der Waals surface area contributed by atoms with Crippen LogP contribution in [0.5, 0.6) is 0 Å². The molecule has 0 bridgehead atoms. The Morgan fingerprint density at radius 1 is 0.895 bits per heavy atom. The number of rotatable bonds is 14. The smallest absolute Gasteiger partial charge is 0.226 e. The average Bonchev–Trinajstić information content (AvgIpc) is 2.94. The Bertz CT molecular complexity index is 789. The Morgan fingerprint density at radius 2 is 1.55 bits per heavy atom. The molecule has 2 saturated heterocycles. The molecule has 38 heavy (non-hydrogen) atoms. The highest BCUT2D eigenvalue weighted by molar-refractivity contribution is 5.51. The van der Waals surface area contributed by atoms with Crippen molar-refractivity contribution in [3.05, 3.63) is 6.07 Å². The molecule has 3 aliphatic rings. The van der Waals surface area contributed by atoms with E-state index in [-0.39, 0.29) is 0 Å². The molecule has 0 atom stereocenters. The molecule has 0 aromatic carbocycles. The van der Waals surface area contributed by atoms with E-state index >= 15 is 0 Å². The van der Waals surface area contributed by atoms with Crippen LogP contribution in [-0.2, 0) is 4.74 Å². The van der Waals surface area contributed by atoms with E-state index in [0.29, 0.717) is 23.7 Å². The fraction of sp³-hybridized carbons (Fsp3) is 0.857. The van der Waals surface area contributed by atoms with E-state index in [1.54, 1.807) is 0 Å². The molecule has 1 aromatic rings. The zero-order chi connectivity index (χ0) is 26.6. The minimum atomic E-state index is 0.547. The van der Waals surface area contributed by atoms with Crippen LogP contribution in [0.1, 0.15) is 46.0 Å². The van der Waals surface area contributed by atoms with Gasteiger partial charge in [-0.05, 0) is 63.6 Å².